The predicted octanol–water partition coefficient (Wildman–Crippen LogP) is 0.123. The van der Waals surface area contributed by atoms with E-state index >= 15 is 0 Å². The minimum Gasteiger partial charge on any atom is -0.481 e. The highest BCUT2D eigenvalue weighted by Gasteiger charge is 2.44. The fourth-order valence-electron chi connectivity index (χ4n) is 4.34. The summed E-state index contributed by atoms with van der Waals surface area (Å²) in [5, 5.41) is 10.8. The molecule has 4 amide bonds. The fourth-order valence-corrected chi connectivity index (χ4v) is 4.34. The van der Waals surface area contributed by atoms with E-state index in [0.717, 1.165) is 36.8 Å². The molecule has 0 spiro atoms. The molecular weight excluding hydrogens is 468 g/mol. The molecule has 34 heavy (non-hydrogen) atoms. The zero-order chi connectivity index (χ0) is 23.5. The fraction of sp³-hybridized carbons (Fsp3) is 0.500. The van der Waals surface area contributed by atoms with E-state index in [9.17, 15) is 24.0 Å². The highest BCUT2D eigenvalue weighted by molar-refractivity contribution is 6.23. The number of hydrogen-bond acceptors (Lipinski definition) is 8. The van der Waals surface area contributed by atoms with Gasteiger partial charge < -0.3 is 14.7 Å². The van der Waals surface area contributed by atoms with Crippen LogP contribution in [0.3, 0.4) is 0 Å². The van der Waals surface area contributed by atoms with E-state index in [1.165, 1.54) is 0 Å². The molecule has 0 aromatic heterocycles. The maximum absolute atomic E-state index is 13.0. The molecular formula is C22H27ClN4O7. The molecule has 12 heteroatoms. The first-order valence-corrected chi connectivity index (χ1v) is 11.0. The SMILES string of the molecule is Cl.O=C(O)CCOCCN1CCN(c2ccc3c(c2)C(=O)N(C2CCC(=O)NC2=O)C3=O)CC1. The lowest BCUT2D eigenvalue weighted by atomic mass is 10.0. The van der Waals surface area contributed by atoms with E-state index in [2.05, 4.69) is 15.1 Å². The van der Waals surface area contributed by atoms with Gasteiger partial charge >= 0.3 is 5.97 Å². The van der Waals surface area contributed by atoms with Crippen molar-refractivity contribution in [2.24, 2.45) is 0 Å². The molecule has 1 aromatic carbocycles. The zero-order valence-corrected chi connectivity index (χ0v) is 19.3. The van der Waals surface area contributed by atoms with Crippen LogP contribution in [-0.2, 0) is 19.1 Å². The summed E-state index contributed by atoms with van der Waals surface area (Å²) in [6, 6.07) is 4.16. The molecule has 0 aliphatic carbocycles. The third-order valence-corrected chi connectivity index (χ3v) is 6.17. The number of carbonyl (C=O) groups is 5. The number of piperazine rings is 1. The first-order chi connectivity index (χ1) is 15.8. The van der Waals surface area contributed by atoms with Gasteiger partial charge in [0.25, 0.3) is 11.8 Å². The van der Waals surface area contributed by atoms with E-state index in [4.69, 9.17) is 9.84 Å². The number of carboxylic acids is 1. The van der Waals surface area contributed by atoms with Crippen molar-refractivity contribution in [1.82, 2.24) is 15.1 Å². The highest BCUT2D eigenvalue weighted by atomic mass is 35.5. The molecule has 1 unspecified atom stereocenters. The highest BCUT2D eigenvalue weighted by Crippen LogP contribution is 2.31. The number of nitrogens with zero attached hydrogens (tertiary/aromatic N) is 3. The number of anilines is 1. The first kappa shape index (κ1) is 25.6. The Bertz CT molecular complexity index is 993. The Kier molecular flexibility index (Phi) is 8.24. The van der Waals surface area contributed by atoms with Crippen LogP contribution in [0.15, 0.2) is 18.2 Å². The van der Waals surface area contributed by atoms with Crippen molar-refractivity contribution in [1.29, 1.82) is 0 Å². The van der Waals surface area contributed by atoms with E-state index in [1.54, 1.807) is 12.1 Å². The largest absolute Gasteiger partial charge is 0.481 e. The van der Waals surface area contributed by atoms with Crippen LogP contribution in [0.4, 0.5) is 5.69 Å². The minimum atomic E-state index is -0.972. The predicted molar refractivity (Wildman–Crippen MR) is 122 cm³/mol. The number of hydrogen-bond donors (Lipinski definition) is 2. The number of fused-ring (bicyclic) bond motifs is 1. The van der Waals surface area contributed by atoms with Gasteiger partial charge in [-0.1, -0.05) is 0 Å². The number of imide groups is 2. The Morgan fingerprint density at radius 3 is 2.41 bits per heavy atom. The van der Waals surface area contributed by atoms with Crippen molar-refractivity contribution in [3.63, 3.8) is 0 Å². The topological polar surface area (TPSA) is 137 Å². The molecule has 0 bridgehead atoms. The molecule has 184 valence electrons. The zero-order valence-electron chi connectivity index (χ0n) is 18.5. The average molecular weight is 495 g/mol. The smallest absolute Gasteiger partial charge is 0.305 e. The molecule has 3 aliphatic heterocycles. The summed E-state index contributed by atoms with van der Waals surface area (Å²) in [6.45, 7) is 4.42. The molecule has 3 aliphatic rings. The summed E-state index contributed by atoms with van der Waals surface area (Å²) in [4.78, 5) is 65.3. The number of ether oxygens (including phenoxy) is 1. The maximum atomic E-state index is 13.0. The van der Waals surface area contributed by atoms with Crippen LogP contribution in [0.25, 0.3) is 0 Å². The van der Waals surface area contributed by atoms with Gasteiger partial charge in [-0.15, -0.1) is 12.4 Å². The number of halogens is 1. The van der Waals surface area contributed by atoms with Crippen LogP contribution in [0.2, 0.25) is 0 Å². The van der Waals surface area contributed by atoms with Crippen molar-refractivity contribution in [2.45, 2.75) is 25.3 Å². The Hall–Kier alpha value is -3.02. The summed E-state index contributed by atoms with van der Waals surface area (Å²) in [5.41, 5.74) is 1.37. The van der Waals surface area contributed by atoms with E-state index in [0.29, 0.717) is 13.2 Å². The van der Waals surface area contributed by atoms with Gasteiger partial charge in [0.2, 0.25) is 11.8 Å². The molecule has 1 atom stereocenters. The Morgan fingerprint density at radius 2 is 1.74 bits per heavy atom. The maximum Gasteiger partial charge on any atom is 0.305 e. The summed E-state index contributed by atoms with van der Waals surface area (Å²) in [6.07, 6.45) is 0.212. The Balaban J connectivity index is 0.00000324. The Labute approximate surface area is 202 Å². The van der Waals surface area contributed by atoms with Crippen molar-refractivity contribution < 1.29 is 33.8 Å². The minimum absolute atomic E-state index is 0. The quantitative estimate of drug-likeness (QED) is 0.381. The third kappa shape index (κ3) is 5.37. The normalized spacial score (nSPS) is 20.8. The van der Waals surface area contributed by atoms with Crippen molar-refractivity contribution in [2.75, 3.05) is 50.8 Å². The Morgan fingerprint density at radius 1 is 1.03 bits per heavy atom. The summed E-state index contributed by atoms with van der Waals surface area (Å²) >= 11 is 0. The van der Waals surface area contributed by atoms with Crippen LogP contribution in [0, 0.1) is 0 Å². The van der Waals surface area contributed by atoms with Gasteiger partial charge in [0, 0.05) is 44.8 Å². The lowest BCUT2D eigenvalue weighted by Gasteiger charge is -2.36. The van der Waals surface area contributed by atoms with Gasteiger partial charge in [0.1, 0.15) is 6.04 Å². The summed E-state index contributed by atoms with van der Waals surface area (Å²) in [7, 11) is 0. The molecule has 2 N–H and O–H groups in total. The standard InChI is InChI=1S/C22H26N4O7.ClH/c27-18-4-3-17(20(30)23-18)26-21(31)15-2-1-14(13-16(15)22(26)32)25-8-6-24(7-9-25)10-12-33-11-5-19(28)29;/h1-2,13,17H,3-12H2,(H,28,29)(H,23,27,30);1H. The van der Waals surface area contributed by atoms with Crippen LogP contribution in [-0.4, -0.2) is 96.5 Å². The molecule has 2 saturated heterocycles. The summed E-state index contributed by atoms with van der Waals surface area (Å²) in [5.74, 6) is -2.92. The number of amides is 4. The number of aliphatic carboxylic acids is 1. The van der Waals surface area contributed by atoms with Gasteiger partial charge in [-0.2, -0.15) is 0 Å². The molecule has 3 heterocycles. The molecule has 0 saturated carbocycles. The van der Waals surface area contributed by atoms with Gasteiger partial charge in [0.15, 0.2) is 0 Å². The van der Waals surface area contributed by atoms with Gasteiger partial charge in [-0.05, 0) is 24.6 Å². The number of benzene rings is 1. The number of piperidine rings is 1. The van der Waals surface area contributed by atoms with Crippen LogP contribution in [0.1, 0.15) is 40.0 Å². The summed E-state index contributed by atoms with van der Waals surface area (Å²) < 4.78 is 5.35. The third-order valence-electron chi connectivity index (χ3n) is 6.17. The lowest BCUT2D eigenvalue weighted by Crippen LogP contribution is -2.54. The van der Waals surface area contributed by atoms with Gasteiger partial charge in [0.05, 0.1) is 30.8 Å². The molecule has 0 radical (unpaired) electrons. The van der Waals surface area contributed by atoms with Gasteiger partial charge in [-0.3, -0.25) is 39.1 Å². The lowest BCUT2D eigenvalue weighted by molar-refractivity contribution is -0.138. The number of nitrogens with one attached hydrogen (secondary N) is 1. The number of rotatable bonds is 8. The first-order valence-electron chi connectivity index (χ1n) is 11.0. The molecule has 1 aromatic rings. The second kappa shape index (κ2) is 10.9. The van der Waals surface area contributed by atoms with Crippen LogP contribution >= 0.6 is 12.4 Å². The van der Waals surface area contributed by atoms with Crippen LogP contribution in [0.5, 0.6) is 0 Å². The van der Waals surface area contributed by atoms with Crippen molar-refractivity contribution >= 4 is 47.7 Å². The monoisotopic (exact) mass is 494 g/mol. The molecule has 4 rings (SSSR count). The number of carboxylic acid groups (broad SMARTS) is 1. The number of carbonyl (C=O) groups excluding carboxylic acids is 4. The van der Waals surface area contributed by atoms with Gasteiger partial charge in [-0.25, -0.2) is 0 Å². The average Bonchev–Trinajstić information content (AvgIpc) is 3.03. The van der Waals surface area contributed by atoms with Crippen molar-refractivity contribution in [3.8, 4) is 0 Å². The van der Waals surface area contributed by atoms with E-state index in [1.807, 2.05) is 6.07 Å². The second-order valence-corrected chi connectivity index (χ2v) is 8.26. The molecule has 2 fully saturated rings. The molecule has 11 nitrogen and oxygen atoms in total. The van der Waals surface area contributed by atoms with Crippen molar-refractivity contribution in [3.05, 3.63) is 29.3 Å². The van der Waals surface area contributed by atoms with Crippen LogP contribution < -0.4 is 10.2 Å². The van der Waals surface area contributed by atoms with E-state index < -0.39 is 35.6 Å². The second-order valence-electron chi connectivity index (χ2n) is 8.26. The van der Waals surface area contributed by atoms with E-state index in [-0.39, 0.29) is 49.4 Å².